The molecule has 0 spiro atoms. The maximum absolute atomic E-state index is 13.5. The first-order valence-electron chi connectivity index (χ1n) is 11.0. The Kier molecular flexibility index (Phi) is 8.64. The van der Waals surface area contributed by atoms with Gasteiger partial charge in [-0.1, -0.05) is 67.4 Å². The SMILES string of the molecule is CC[C@H](C)NC(=O)[C@H](CC)N(Cc1ccc(C)cc1)C(=O)Cc1cc(C)ccc1C. The van der Waals surface area contributed by atoms with Gasteiger partial charge in [-0.3, -0.25) is 9.59 Å². The number of nitrogens with one attached hydrogen (secondary N) is 1. The van der Waals surface area contributed by atoms with Gasteiger partial charge in [0.25, 0.3) is 0 Å². The Morgan fingerprint density at radius 3 is 2.17 bits per heavy atom. The predicted molar refractivity (Wildman–Crippen MR) is 123 cm³/mol. The van der Waals surface area contributed by atoms with E-state index in [-0.39, 0.29) is 17.9 Å². The summed E-state index contributed by atoms with van der Waals surface area (Å²) in [6, 6.07) is 13.9. The van der Waals surface area contributed by atoms with Gasteiger partial charge < -0.3 is 10.2 Å². The Balaban J connectivity index is 2.32. The number of carbonyl (C=O) groups excluding carboxylic acids is 2. The third-order valence-electron chi connectivity index (χ3n) is 5.71. The van der Waals surface area contributed by atoms with Gasteiger partial charge in [-0.05, 0) is 57.2 Å². The monoisotopic (exact) mass is 408 g/mol. The third-order valence-corrected chi connectivity index (χ3v) is 5.71. The summed E-state index contributed by atoms with van der Waals surface area (Å²) in [7, 11) is 0. The molecule has 4 heteroatoms. The first kappa shape index (κ1) is 23.7. The first-order valence-corrected chi connectivity index (χ1v) is 11.0. The molecule has 4 nitrogen and oxygen atoms in total. The van der Waals surface area contributed by atoms with E-state index in [4.69, 9.17) is 0 Å². The number of benzene rings is 2. The van der Waals surface area contributed by atoms with Crippen molar-refractivity contribution in [1.82, 2.24) is 10.2 Å². The van der Waals surface area contributed by atoms with Crippen LogP contribution in [-0.4, -0.2) is 28.8 Å². The lowest BCUT2D eigenvalue weighted by atomic mass is 10.0. The van der Waals surface area contributed by atoms with Crippen LogP contribution in [0.25, 0.3) is 0 Å². The van der Waals surface area contributed by atoms with Crippen molar-refractivity contribution >= 4 is 11.8 Å². The van der Waals surface area contributed by atoms with E-state index < -0.39 is 6.04 Å². The van der Waals surface area contributed by atoms with Crippen LogP contribution in [0.15, 0.2) is 42.5 Å². The van der Waals surface area contributed by atoms with Crippen molar-refractivity contribution < 1.29 is 9.59 Å². The average Bonchev–Trinajstić information content (AvgIpc) is 2.71. The number of carbonyl (C=O) groups is 2. The zero-order valence-corrected chi connectivity index (χ0v) is 19.3. The number of hydrogen-bond donors (Lipinski definition) is 1. The van der Waals surface area contributed by atoms with Gasteiger partial charge in [0, 0.05) is 12.6 Å². The Labute approximate surface area is 181 Å². The molecule has 0 bridgehead atoms. The van der Waals surface area contributed by atoms with Crippen LogP contribution in [0.1, 0.15) is 61.4 Å². The summed E-state index contributed by atoms with van der Waals surface area (Å²) in [5.74, 6) is -0.0938. The molecule has 2 atom stereocenters. The maximum atomic E-state index is 13.5. The molecule has 1 N–H and O–H groups in total. The quantitative estimate of drug-likeness (QED) is 0.643. The van der Waals surface area contributed by atoms with Crippen LogP contribution in [0.3, 0.4) is 0 Å². The minimum atomic E-state index is -0.488. The molecular formula is C26H36N2O2. The molecule has 0 aliphatic rings. The molecule has 0 fully saturated rings. The summed E-state index contributed by atoms with van der Waals surface area (Å²) >= 11 is 0. The average molecular weight is 409 g/mol. The fraction of sp³-hybridized carbons (Fsp3) is 0.462. The van der Waals surface area contributed by atoms with Crippen LogP contribution in [0, 0.1) is 20.8 Å². The summed E-state index contributed by atoms with van der Waals surface area (Å²) < 4.78 is 0. The minimum absolute atomic E-state index is 0.0181. The second-order valence-corrected chi connectivity index (χ2v) is 8.36. The molecule has 0 aliphatic heterocycles. The molecule has 0 heterocycles. The molecule has 0 aromatic heterocycles. The Bertz CT molecular complexity index is 858. The van der Waals surface area contributed by atoms with Crippen LogP contribution in [0.5, 0.6) is 0 Å². The molecule has 2 rings (SSSR count). The maximum Gasteiger partial charge on any atom is 0.243 e. The molecule has 2 amide bonds. The predicted octanol–water partition coefficient (Wildman–Crippen LogP) is 4.88. The summed E-state index contributed by atoms with van der Waals surface area (Å²) in [6.45, 7) is 12.5. The smallest absolute Gasteiger partial charge is 0.243 e. The van der Waals surface area contributed by atoms with Gasteiger partial charge in [0.2, 0.25) is 11.8 Å². The van der Waals surface area contributed by atoms with Crippen molar-refractivity contribution in [2.24, 2.45) is 0 Å². The largest absolute Gasteiger partial charge is 0.352 e. The highest BCUT2D eigenvalue weighted by atomic mass is 16.2. The highest BCUT2D eigenvalue weighted by molar-refractivity contribution is 5.88. The molecule has 0 saturated carbocycles. The Morgan fingerprint density at radius 1 is 0.933 bits per heavy atom. The summed E-state index contributed by atoms with van der Waals surface area (Å²) in [4.78, 5) is 28.2. The lowest BCUT2D eigenvalue weighted by molar-refractivity contribution is -0.141. The van der Waals surface area contributed by atoms with Crippen LogP contribution >= 0.6 is 0 Å². The number of hydrogen-bond acceptors (Lipinski definition) is 2. The van der Waals surface area contributed by atoms with E-state index in [1.54, 1.807) is 4.90 Å². The topological polar surface area (TPSA) is 49.4 Å². The number of rotatable bonds is 9. The van der Waals surface area contributed by atoms with Crippen molar-refractivity contribution in [2.75, 3.05) is 0 Å². The van der Waals surface area contributed by atoms with Crippen molar-refractivity contribution in [3.05, 3.63) is 70.3 Å². The van der Waals surface area contributed by atoms with Crippen molar-refractivity contribution in [2.45, 2.75) is 79.4 Å². The van der Waals surface area contributed by atoms with Gasteiger partial charge >= 0.3 is 0 Å². The lowest BCUT2D eigenvalue weighted by Crippen LogP contribution is -2.51. The molecule has 162 valence electrons. The van der Waals surface area contributed by atoms with Crippen molar-refractivity contribution in [3.63, 3.8) is 0 Å². The van der Waals surface area contributed by atoms with E-state index in [1.807, 2.05) is 65.8 Å². The second kappa shape index (κ2) is 11.0. The van der Waals surface area contributed by atoms with Crippen LogP contribution in [0.2, 0.25) is 0 Å². The molecule has 0 saturated heterocycles. The standard InChI is InChI=1S/C26H36N2O2/c1-7-21(6)27-26(30)24(8-2)28(17-22-13-10-18(3)11-14-22)25(29)16-23-15-19(4)9-12-20(23)5/h9-15,21,24H,7-8,16-17H2,1-6H3,(H,27,30)/t21-,24-/m0/s1. The summed E-state index contributed by atoms with van der Waals surface area (Å²) in [5, 5.41) is 3.06. The van der Waals surface area contributed by atoms with Gasteiger partial charge in [0.05, 0.1) is 6.42 Å². The molecule has 0 unspecified atom stereocenters. The Hall–Kier alpha value is -2.62. The molecule has 0 radical (unpaired) electrons. The minimum Gasteiger partial charge on any atom is -0.352 e. The highest BCUT2D eigenvalue weighted by Gasteiger charge is 2.29. The van der Waals surface area contributed by atoms with Gasteiger partial charge in [-0.25, -0.2) is 0 Å². The highest BCUT2D eigenvalue weighted by Crippen LogP contribution is 2.18. The van der Waals surface area contributed by atoms with Crippen LogP contribution in [-0.2, 0) is 22.6 Å². The molecule has 0 aliphatic carbocycles. The normalized spacial score (nSPS) is 12.9. The first-order chi connectivity index (χ1) is 14.2. The number of aryl methyl sites for hydroxylation is 3. The summed E-state index contributed by atoms with van der Waals surface area (Å²) in [5.41, 5.74) is 5.46. The zero-order chi connectivity index (χ0) is 22.3. The van der Waals surface area contributed by atoms with E-state index in [0.29, 0.717) is 19.4 Å². The third kappa shape index (κ3) is 6.45. The van der Waals surface area contributed by atoms with Crippen LogP contribution in [0.4, 0.5) is 0 Å². The van der Waals surface area contributed by atoms with Gasteiger partial charge in [0.15, 0.2) is 0 Å². The van der Waals surface area contributed by atoms with Crippen LogP contribution < -0.4 is 5.32 Å². The molecule has 2 aromatic carbocycles. The fourth-order valence-corrected chi connectivity index (χ4v) is 3.51. The van der Waals surface area contributed by atoms with Crippen molar-refractivity contribution in [3.8, 4) is 0 Å². The lowest BCUT2D eigenvalue weighted by Gasteiger charge is -2.32. The van der Waals surface area contributed by atoms with E-state index in [0.717, 1.165) is 28.7 Å². The molecular weight excluding hydrogens is 372 g/mol. The van der Waals surface area contributed by atoms with E-state index in [9.17, 15) is 9.59 Å². The van der Waals surface area contributed by atoms with Gasteiger partial charge in [0.1, 0.15) is 6.04 Å². The summed E-state index contributed by atoms with van der Waals surface area (Å²) in [6.07, 6.45) is 1.73. The molecule has 2 aromatic rings. The van der Waals surface area contributed by atoms with Gasteiger partial charge in [-0.15, -0.1) is 0 Å². The zero-order valence-electron chi connectivity index (χ0n) is 19.3. The Morgan fingerprint density at radius 2 is 1.57 bits per heavy atom. The number of nitrogens with zero attached hydrogens (tertiary/aromatic N) is 1. The van der Waals surface area contributed by atoms with E-state index in [1.165, 1.54) is 5.56 Å². The van der Waals surface area contributed by atoms with Gasteiger partial charge in [-0.2, -0.15) is 0 Å². The van der Waals surface area contributed by atoms with E-state index >= 15 is 0 Å². The molecule has 30 heavy (non-hydrogen) atoms. The van der Waals surface area contributed by atoms with E-state index in [2.05, 4.69) is 23.5 Å². The fourth-order valence-electron chi connectivity index (χ4n) is 3.51. The second-order valence-electron chi connectivity index (χ2n) is 8.36. The number of amides is 2. The van der Waals surface area contributed by atoms with Crippen molar-refractivity contribution in [1.29, 1.82) is 0 Å².